The Kier molecular flexibility index (Phi) is 5.98. The van der Waals surface area contributed by atoms with E-state index in [9.17, 15) is 13.2 Å². The third-order valence-electron chi connectivity index (χ3n) is 4.81. The van der Waals surface area contributed by atoms with Gasteiger partial charge in [0.1, 0.15) is 18.2 Å². The smallest absolute Gasteiger partial charge is 0.283 e. The van der Waals surface area contributed by atoms with Crippen LogP contribution in [-0.4, -0.2) is 40.6 Å². The maximum Gasteiger partial charge on any atom is 0.283 e. The van der Waals surface area contributed by atoms with Crippen LogP contribution in [0.5, 0.6) is 5.75 Å². The minimum atomic E-state index is -3.75. The molecule has 2 aromatic rings. The van der Waals surface area contributed by atoms with Crippen LogP contribution in [0.4, 0.5) is 0 Å². The second-order valence-electron chi connectivity index (χ2n) is 7.34. The van der Waals surface area contributed by atoms with E-state index in [4.69, 9.17) is 10.1 Å². The van der Waals surface area contributed by atoms with Gasteiger partial charge in [-0.3, -0.25) is 10.2 Å². The molecule has 2 aliphatic rings. The lowest BCUT2D eigenvalue weighted by Gasteiger charge is -2.25. The first kappa shape index (κ1) is 22.0. The number of amidine groups is 3. The Labute approximate surface area is 190 Å². The third kappa shape index (κ3) is 4.23. The predicted octanol–water partition coefficient (Wildman–Crippen LogP) is 3.67. The standard InChI is InChI=1S/C22H20N4O4S2/c1-14(2)32(28,29)22-25-31-21-24-20(27)18(19(23)26(21)22)12-15-8-10-17(11-9-15)30-13-16-6-4-3-5-7-16/h3-12,14,23H,13H2,1-2H3/b18-12-,23-19?. The molecule has 0 fully saturated rings. The maximum atomic E-state index is 12.6. The van der Waals surface area contributed by atoms with Crippen molar-refractivity contribution in [2.24, 2.45) is 9.39 Å². The summed E-state index contributed by atoms with van der Waals surface area (Å²) >= 11 is 0.779. The van der Waals surface area contributed by atoms with Crippen molar-refractivity contribution >= 4 is 49.9 Å². The molecule has 2 aromatic carbocycles. The summed E-state index contributed by atoms with van der Waals surface area (Å²) in [6.45, 7) is 3.50. The highest BCUT2D eigenvalue weighted by Crippen LogP contribution is 2.31. The number of benzene rings is 2. The summed E-state index contributed by atoms with van der Waals surface area (Å²) in [5.74, 6) is -0.219. The van der Waals surface area contributed by atoms with Gasteiger partial charge in [-0.05, 0) is 43.2 Å². The number of sulfone groups is 1. The minimum absolute atomic E-state index is 0.0131. The zero-order valence-corrected chi connectivity index (χ0v) is 19.0. The van der Waals surface area contributed by atoms with Gasteiger partial charge in [-0.15, -0.1) is 0 Å². The summed E-state index contributed by atoms with van der Waals surface area (Å²) in [5, 5.41) is 7.56. The lowest BCUT2D eigenvalue weighted by molar-refractivity contribution is -0.114. The Morgan fingerprint density at radius 1 is 1.12 bits per heavy atom. The van der Waals surface area contributed by atoms with E-state index in [-0.39, 0.29) is 21.7 Å². The molecule has 1 N–H and O–H groups in total. The molecule has 32 heavy (non-hydrogen) atoms. The number of carbonyl (C=O) groups excluding carboxylic acids is 1. The van der Waals surface area contributed by atoms with Crippen molar-refractivity contribution in [3.63, 3.8) is 0 Å². The van der Waals surface area contributed by atoms with Crippen LogP contribution in [0.2, 0.25) is 0 Å². The minimum Gasteiger partial charge on any atom is -0.489 e. The summed E-state index contributed by atoms with van der Waals surface area (Å²) in [6.07, 6.45) is 1.51. The van der Waals surface area contributed by atoms with E-state index in [2.05, 4.69) is 9.39 Å². The number of rotatable bonds is 5. The molecular weight excluding hydrogens is 448 g/mol. The number of ether oxygens (including phenoxy) is 1. The van der Waals surface area contributed by atoms with Gasteiger partial charge in [0, 0.05) is 0 Å². The lowest BCUT2D eigenvalue weighted by Crippen LogP contribution is -2.46. The van der Waals surface area contributed by atoms with Crippen molar-refractivity contribution in [1.82, 2.24) is 4.90 Å². The average molecular weight is 469 g/mol. The molecule has 8 nitrogen and oxygen atoms in total. The molecule has 0 radical (unpaired) electrons. The van der Waals surface area contributed by atoms with Crippen LogP contribution in [0.25, 0.3) is 6.08 Å². The SMILES string of the molecule is CC(C)S(=O)(=O)C1=NSC2=NC(=O)/C(=C\c3ccc(OCc4ccccc4)cc3)C(=N)N21. The van der Waals surface area contributed by atoms with Crippen molar-refractivity contribution < 1.29 is 17.9 Å². The molecule has 0 aromatic heterocycles. The van der Waals surface area contributed by atoms with Gasteiger partial charge < -0.3 is 4.74 Å². The van der Waals surface area contributed by atoms with E-state index < -0.39 is 21.0 Å². The van der Waals surface area contributed by atoms with Gasteiger partial charge in [-0.2, -0.15) is 9.39 Å². The van der Waals surface area contributed by atoms with Crippen LogP contribution in [0.15, 0.2) is 69.6 Å². The molecule has 0 saturated carbocycles. The molecule has 0 aliphatic carbocycles. The van der Waals surface area contributed by atoms with Crippen LogP contribution in [-0.2, 0) is 21.2 Å². The number of hydrogen-bond acceptors (Lipinski definition) is 7. The van der Waals surface area contributed by atoms with Crippen LogP contribution < -0.4 is 4.74 Å². The normalized spacial score (nSPS) is 17.5. The molecular formula is C22H20N4O4S2. The van der Waals surface area contributed by atoms with Gasteiger partial charge in [0.25, 0.3) is 5.91 Å². The molecule has 164 valence electrons. The summed E-state index contributed by atoms with van der Waals surface area (Å²) < 4.78 is 35.0. The molecule has 2 heterocycles. The zero-order valence-electron chi connectivity index (χ0n) is 17.3. The van der Waals surface area contributed by atoms with Crippen molar-refractivity contribution in [2.45, 2.75) is 25.7 Å². The highest BCUT2D eigenvalue weighted by atomic mass is 32.2. The summed E-state index contributed by atoms with van der Waals surface area (Å²) in [5.41, 5.74) is 1.69. The topological polar surface area (TPSA) is 112 Å². The van der Waals surface area contributed by atoms with Gasteiger partial charge in [-0.25, -0.2) is 13.3 Å². The highest BCUT2D eigenvalue weighted by molar-refractivity contribution is 8.16. The fourth-order valence-electron chi connectivity index (χ4n) is 2.96. The molecule has 0 atom stereocenters. The second-order valence-corrected chi connectivity index (χ2v) is 10.5. The third-order valence-corrected chi connectivity index (χ3v) is 7.65. The van der Waals surface area contributed by atoms with E-state index in [0.29, 0.717) is 17.9 Å². The van der Waals surface area contributed by atoms with Crippen molar-refractivity contribution in [1.29, 1.82) is 5.41 Å². The number of fused-ring (bicyclic) bond motifs is 1. The van der Waals surface area contributed by atoms with Crippen LogP contribution in [0.1, 0.15) is 25.0 Å². The molecule has 0 unspecified atom stereocenters. The quantitative estimate of drug-likeness (QED) is 0.529. The second kappa shape index (κ2) is 8.71. The van der Waals surface area contributed by atoms with Crippen LogP contribution in [0, 0.1) is 5.41 Å². The highest BCUT2D eigenvalue weighted by Gasteiger charge is 2.43. The summed E-state index contributed by atoms with van der Waals surface area (Å²) in [7, 11) is -3.75. The zero-order chi connectivity index (χ0) is 22.9. The molecule has 10 heteroatoms. The monoisotopic (exact) mass is 468 g/mol. The lowest BCUT2D eigenvalue weighted by atomic mass is 10.1. The van der Waals surface area contributed by atoms with Crippen molar-refractivity contribution in [3.8, 4) is 5.75 Å². The number of nitrogens with one attached hydrogen (secondary N) is 1. The Hall–Kier alpha value is -3.24. The first-order valence-corrected chi connectivity index (χ1v) is 12.1. The maximum absolute atomic E-state index is 12.6. The molecule has 0 bridgehead atoms. The molecule has 0 saturated heterocycles. The average Bonchev–Trinajstić information content (AvgIpc) is 3.21. The van der Waals surface area contributed by atoms with Gasteiger partial charge in [0.15, 0.2) is 0 Å². The number of nitrogens with zero attached hydrogens (tertiary/aromatic N) is 3. The first-order chi connectivity index (χ1) is 15.3. The van der Waals surface area contributed by atoms with Gasteiger partial charge in [0.2, 0.25) is 20.2 Å². The fourth-order valence-corrected chi connectivity index (χ4v) is 5.03. The first-order valence-electron chi connectivity index (χ1n) is 9.77. The predicted molar refractivity (Wildman–Crippen MR) is 126 cm³/mol. The summed E-state index contributed by atoms with van der Waals surface area (Å²) in [4.78, 5) is 17.6. The summed E-state index contributed by atoms with van der Waals surface area (Å²) in [6, 6.07) is 16.8. The largest absolute Gasteiger partial charge is 0.489 e. The molecule has 2 aliphatic heterocycles. The number of amides is 1. The molecule has 1 amide bonds. The van der Waals surface area contributed by atoms with E-state index >= 15 is 0 Å². The van der Waals surface area contributed by atoms with E-state index in [1.165, 1.54) is 19.9 Å². The van der Waals surface area contributed by atoms with Gasteiger partial charge in [-0.1, -0.05) is 42.5 Å². The molecule has 4 rings (SSSR count). The van der Waals surface area contributed by atoms with Crippen LogP contribution in [0.3, 0.4) is 0 Å². The Bertz CT molecular complexity index is 1260. The number of aliphatic imine (C=N–C) groups is 1. The van der Waals surface area contributed by atoms with Crippen LogP contribution >= 0.6 is 11.9 Å². The number of carbonyl (C=O) groups is 1. The Balaban J connectivity index is 1.55. The van der Waals surface area contributed by atoms with Gasteiger partial charge >= 0.3 is 0 Å². The number of hydrogen-bond donors (Lipinski definition) is 1. The van der Waals surface area contributed by atoms with E-state index in [0.717, 1.165) is 22.4 Å². The van der Waals surface area contributed by atoms with E-state index in [1.807, 2.05) is 30.3 Å². The van der Waals surface area contributed by atoms with Crippen molar-refractivity contribution in [3.05, 3.63) is 71.3 Å². The Morgan fingerprint density at radius 2 is 1.81 bits per heavy atom. The Morgan fingerprint density at radius 3 is 2.47 bits per heavy atom. The molecule has 0 spiro atoms. The van der Waals surface area contributed by atoms with Crippen molar-refractivity contribution in [2.75, 3.05) is 0 Å². The van der Waals surface area contributed by atoms with Gasteiger partial charge in [0.05, 0.1) is 22.8 Å². The van der Waals surface area contributed by atoms with E-state index in [1.54, 1.807) is 24.3 Å². The fraction of sp³-hybridized carbons (Fsp3) is 0.182.